The lowest BCUT2D eigenvalue weighted by molar-refractivity contribution is -0.135. The Hall–Kier alpha value is -1.66. The van der Waals surface area contributed by atoms with Gasteiger partial charge in [0.25, 0.3) is 11.9 Å². The smallest absolute Gasteiger partial charge is 0.300 e. The van der Waals surface area contributed by atoms with Crippen LogP contribution in [0.4, 0.5) is 0 Å². The van der Waals surface area contributed by atoms with Crippen LogP contribution in [0.15, 0.2) is 24.3 Å². The zero-order valence-corrected chi connectivity index (χ0v) is 20.4. The Bertz CT molecular complexity index is 404. The van der Waals surface area contributed by atoms with Crippen molar-refractivity contribution < 1.29 is 19.8 Å². The molecule has 0 aromatic carbocycles. The summed E-state index contributed by atoms with van der Waals surface area (Å²) >= 11 is 0. The summed E-state index contributed by atoms with van der Waals surface area (Å²) in [7, 11) is 0. The number of carboxylic acids is 2. The molecule has 0 aliphatic rings. The van der Waals surface area contributed by atoms with Gasteiger partial charge in [0.2, 0.25) is 0 Å². The third kappa shape index (κ3) is 58.5. The second-order valence-electron chi connectivity index (χ2n) is 7.51. The van der Waals surface area contributed by atoms with Gasteiger partial charge in [0.15, 0.2) is 0 Å². The lowest BCUT2D eigenvalue weighted by Crippen LogP contribution is -2.19. The van der Waals surface area contributed by atoms with E-state index in [4.69, 9.17) is 25.5 Å². The molecule has 0 amide bonds. The molecule has 0 rings (SSSR count). The van der Waals surface area contributed by atoms with Crippen LogP contribution in [0.25, 0.3) is 0 Å². The SMILES string of the molecule is CC(=O)O.CC(=O)O.CCCCC/C=C\C/C=C\CCCCCCCCNCCCN. The minimum Gasteiger partial charge on any atom is -0.481 e. The van der Waals surface area contributed by atoms with E-state index in [9.17, 15) is 0 Å². The highest BCUT2D eigenvalue weighted by atomic mass is 16.4. The summed E-state index contributed by atoms with van der Waals surface area (Å²) in [5.74, 6) is -1.67. The quantitative estimate of drug-likeness (QED) is 0.155. The fourth-order valence-electron chi connectivity index (χ4n) is 2.59. The number of aliphatic carboxylic acids is 2. The molecule has 6 nitrogen and oxygen atoms in total. The summed E-state index contributed by atoms with van der Waals surface area (Å²) in [6.45, 7) is 7.47. The molecule has 0 bridgehead atoms. The monoisotopic (exact) mass is 442 g/mol. The van der Waals surface area contributed by atoms with Crippen molar-refractivity contribution in [2.75, 3.05) is 19.6 Å². The Morgan fingerprint density at radius 1 is 0.710 bits per heavy atom. The first-order valence-electron chi connectivity index (χ1n) is 12.0. The van der Waals surface area contributed by atoms with Gasteiger partial charge in [-0.15, -0.1) is 0 Å². The van der Waals surface area contributed by atoms with E-state index in [2.05, 4.69) is 36.5 Å². The normalized spacial score (nSPS) is 10.5. The van der Waals surface area contributed by atoms with Gasteiger partial charge in [-0.1, -0.05) is 69.8 Å². The first kappa shape index (κ1) is 34.0. The van der Waals surface area contributed by atoms with Crippen LogP contribution >= 0.6 is 0 Å². The number of nitrogens with two attached hydrogens (primary N) is 1. The minimum atomic E-state index is -0.833. The summed E-state index contributed by atoms with van der Waals surface area (Å²) in [6.07, 6.45) is 26.3. The molecule has 0 aliphatic heterocycles. The maximum atomic E-state index is 9.00. The van der Waals surface area contributed by atoms with Crippen LogP contribution in [-0.2, 0) is 9.59 Å². The van der Waals surface area contributed by atoms with E-state index in [1.165, 1.54) is 70.6 Å². The maximum Gasteiger partial charge on any atom is 0.300 e. The van der Waals surface area contributed by atoms with E-state index in [-0.39, 0.29) is 0 Å². The Labute approximate surface area is 191 Å². The summed E-state index contributed by atoms with van der Waals surface area (Å²) in [5.41, 5.74) is 5.46. The number of rotatable bonds is 18. The zero-order valence-electron chi connectivity index (χ0n) is 20.4. The molecule has 0 radical (unpaired) electrons. The predicted octanol–water partition coefficient (Wildman–Crippen LogP) is 5.92. The number of hydrogen-bond acceptors (Lipinski definition) is 4. The van der Waals surface area contributed by atoms with Crippen LogP contribution in [-0.4, -0.2) is 41.8 Å². The summed E-state index contributed by atoms with van der Waals surface area (Å²) in [4.78, 5) is 18.0. The molecule has 6 heteroatoms. The average molecular weight is 443 g/mol. The van der Waals surface area contributed by atoms with Crippen molar-refractivity contribution in [1.29, 1.82) is 0 Å². The number of carboxylic acid groups (broad SMARTS) is 2. The molecule has 0 fully saturated rings. The van der Waals surface area contributed by atoms with Crippen LogP contribution in [0.1, 0.15) is 104 Å². The van der Waals surface area contributed by atoms with Crippen LogP contribution in [0, 0.1) is 0 Å². The number of unbranched alkanes of at least 4 members (excludes halogenated alkanes) is 9. The number of allylic oxidation sites excluding steroid dienone is 4. The fourth-order valence-corrected chi connectivity index (χ4v) is 2.59. The van der Waals surface area contributed by atoms with Crippen molar-refractivity contribution in [3.05, 3.63) is 24.3 Å². The average Bonchev–Trinajstić information content (AvgIpc) is 2.69. The summed E-state index contributed by atoms with van der Waals surface area (Å²) < 4.78 is 0. The molecule has 0 heterocycles. The van der Waals surface area contributed by atoms with Crippen molar-refractivity contribution in [2.24, 2.45) is 5.73 Å². The highest BCUT2D eigenvalue weighted by molar-refractivity contribution is 5.63. The molecule has 5 N–H and O–H groups in total. The van der Waals surface area contributed by atoms with Gasteiger partial charge >= 0.3 is 0 Å². The van der Waals surface area contributed by atoms with Gasteiger partial charge in [-0.3, -0.25) is 9.59 Å². The number of hydrogen-bond donors (Lipinski definition) is 4. The van der Waals surface area contributed by atoms with E-state index in [0.29, 0.717) is 0 Å². The third-order valence-corrected chi connectivity index (χ3v) is 4.11. The standard InChI is InChI=1S/C21H42N2.2C2H4O2/c1-2-3-4-5-6-7-8-9-10-11-12-13-14-15-16-17-20-23-21-18-19-22;2*1-2(3)4/h6-7,9-10,23H,2-5,8,11-22H2,1H3;2*1H3,(H,3,4)/b7-6-,10-9-;;. The fraction of sp³-hybridized carbons (Fsp3) is 0.760. The van der Waals surface area contributed by atoms with Crippen LogP contribution in [0.5, 0.6) is 0 Å². The molecule has 0 saturated carbocycles. The van der Waals surface area contributed by atoms with E-state index >= 15 is 0 Å². The molecule has 184 valence electrons. The van der Waals surface area contributed by atoms with Crippen molar-refractivity contribution in [3.8, 4) is 0 Å². The molecule has 0 unspecified atom stereocenters. The van der Waals surface area contributed by atoms with E-state index < -0.39 is 11.9 Å². The second-order valence-corrected chi connectivity index (χ2v) is 7.51. The van der Waals surface area contributed by atoms with Gasteiger partial charge in [-0.05, 0) is 64.6 Å². The summed E-state index contributed by atoms with van der Waals surface area (Å²) in [5, 5.41) is 18.3. The number of nitrogens with one attached hydrogen (secondary N) is 1. The Morgan fingerprint density at radius 2 is 1.13 bits per heavy atom. The van der Waals surface area contributed by atoms with Crippen LogP contribution in [0.3, 0.4) is 0 Å². The molecule has 31 heavy (non-hydrogen) atoms. The first-order valence-corrected chi connectivity index (χ1v) is 12.0. The van der Waals surface area contributed by atoms with Gasteiger partial charge in [-0.2, -0.15) is 0 Å². The minimum absolute atomic E-state index is 0.802. The predicted molar refractivity (Wildman–Crippen MR) is 133 cm³/mol. The second kappa shape index (κ2) is 33.0. The molecule has 0 saturated heterocycles. The highest BCUT2D eigenvalue weighted by Gasteiger charge is 1.91. The third-order valence-electron chi connectivity index (χ3n) is 4.11. The Balaban J connectivity index is -0.000000832. The van der Waals surface area contributed by atoms with Gasteiger partial charge in [-0.25, -0.2) is 0 Å². The van der Waals surface area contributed by atoms with E-state index in [1.54, 1.807) is 0 Å². The zero-order chi connectivity index (χ0) is 24.0. The number of carbonyl (C=O) groups is 2. The van der Waals surface area contributed by atoms with Crippen LogP contribution < -0.4 is 11.1 Å². The van der Waals surface area contributed by atoms with Gasteiger partial charge in [0.05, 0.1) is 0 Å². The maximum absolute atomic E-state index is 9.00. The van der Waals surface area contributed by atoms with E-state index in [0.717, 1.165) is 46.3 Å². The van der Waals surface area contributed by atoms with Gasteiger partial charge in [0.1, 0.15) is 0 Å². The van der Waals surface area contributed by atoms with Crippen molar-refractivity contribution in [3.63, 3.8) is 0 Å². The molecule has 0 aromatic rings. The van der Waals surface area contributed by atoms with Crippen LogP contribution in [0.2, 0.25) is 0 Å². The lowest BCUT2D eigenvalue weighted by Gasteiger charge is -2.03. The first-order chi connectivity index (χ1) is 14.9. The molecule has 0 aliphatic carbocycles. The Morgan fingerprint density at radius 3 is 1.61 bits per heavy atom. The van der Waals surface area contributed by atoms with Gasteiger partial charge in [0, 0.05) is 13.8 Å². The van der Waals surface area contributed by atoms with Crippen molar-refractivity contribution in [2.45, 2.75) is 104 Å². The molecular formula is C25H50N2O4. The largest absolute Gasteiger partial charge is 0.481 e. The highest BCUT2D eigenvalue weighted by Crippen LogP contribution is 2.07. The Kier molecular flexibility index (Phi) is 36.1. The molecular weight excluding hydrogens is 392 g/mol. The topological polar surface area (TPSA) is 113 Å². The van der Waals surface area contributed by atoms with E-state index in [1.807, 2.05) is 0 Å². The molecule has 0 aromatic heterocycles. The molecule has 0 spiro atoms. The van der Waals surface area contributed by atoms with Crippen molar-refractivity contribution in [1.82, 2.24) is 5.32 Å². The summed E-state index contributed by atoms with van der Waals surface area (Å²) in [6, 6.07) is 0. The molecule has 0 atom stereocenters. The van der Waals surface area contributed by atoms with Gasteiger partial charge < -0.3 is 21.3 Å². The lowest BCUT2D eigenvalue weighted by atomic mass is 10.1. The van der Waals surface area contributed by atoms with Crippen molar-refractivity contribution >= 4 is 11.9 Å².